The molecule has 0 atom stereocenters. The monoisotopic (exact) mass is 364 g/mol. The Morgan fingerprint density at radius 2 is 1.76 bits per heavy atom. The van der Waals surface area contributed by atoms with Crippen LogP contribution in [0.5, 0.6) is 0 Å². The average molecular weight is 364 g/mol. The molecule has 0 radical (unpaired) electrons. The van der Waals surface area contributed by atoms with Crippen LogP contribution in [-0.4, -0.2) is 32.5 Å². The number of benzene rings is 1. The highest BCUT2D eigenvalue weighted by atomic mass is 32.2. The SMILES string of the molecule is Cc1ccc(S(=O)(=O)CCC(=O)NCC(=O)NCc2ccco2)cc1. The van der Waals surface area contributed by atoms with Crippen LogP contribution < -0.4 is 10.6 Å². The van der Waals surface area contributed by atoms with Gasteiger partial charge in [0.2, 0.25) is 11.8 Å². The van der Waals surface area contributed by atoms with E-state index in [0.717, 1.165) is 5.56 Å². The van der Waals surface area contributed by atoms with E-state index in [9.17, 15) is 18.0 Å². The maximum absolute atomic E-state index is 12.2. The first-order valence-corrected chi connectivity index (χ1v) is 9.37. The average Bonchev–Trinajstić information content (AvgIpc) is 3.10. The number of aryl methyl sites for hydroxylation is 1. The van der Waals surface area contributed by atoms with Crippen LogP contribution in [0, 0.1) is 6.92 Å². The molecule has 8 heteroatoms. The van der Waals surface area contributed by atoms with E-state index in [1.54, 1.807) is 24.3 Å². The molecule has 1 heterocycles. The Bertz CT molecular complexity index is 811. The molecule has 2 N–H and O–H groups in total. The summed E-state index contributed by atoms with van der Waals surface area (Å²) < 4.78 is 29.4. The fourth-order valence-corrected chi connectivity index (χ4v) is 3.26. The standard InChI is InChI=1S/C17H20N2O5S/c1-13-4-6-15(7-5-13)25(22,23)10-8-16(20)19-12-17(21)18-11-14-3-2-9-24-14/h2-7,9H,8,10-12H2,1H3,(H,18,21)(H,19,20). The van der Waals surface area contributed by atoms with Crippen molar-refractivity contribution in [2.75, 3.05) is 12.3 Å². The second kappa shape index (κ2) is 8.48. The molecular weight excluding hydrogens is 344 g/mol. The smallest absolute Gasteiger partial charge is 0.239 e. The van der Waals surface area contributed by atoms with Gasteiger partial charge >= 0.3 is 0 Å². The molecule has 1 aromatic heterocycles. The quantitative estimate of drug-likeness (QED) is 0.732. The lowest BCUT2D eigenvalue weighted by Crippen LogP contribution is -2.37. The zero-order chi connectivity index (χ0) is 18.3. The predicted octanol–water partition coefficient (Wildman–Crippen LogP) is 1.18. The van der Waals surface area contributed by atoms with Crippen molar-refractivity contribution in [3.63, 3.8) is 0 Å². The first kappa shape index (κ1) is 18.7. The van der Waals surface area contributed by atoms with Crippen LogP contribution in [-0.2, 0) is 26.0 Å². The third kappa shape index (κ3) is 6.07. The second-order valence-corrected chi connectivity index (χ2v) is 7.62. The van der Waals surface area contributed by atoms with Gasteiger partial charge in [-0.3, -0.25) is 9.59 Å². The summed E-state index contributed by atoms with van der Waals surface area (Å²) in [5, 5.41) is 4.98. The van der Waals surface area contributed by atoms with Gasteiger partial charge in [0, 0.05) is 6.42 Å². The van der Waals surface area contributed by atoms with E-state index in [1.807, 2.05) is 6.92 Å². The molecule has 25 heavy (non-hydrogen) atoms. The van der Waals surface area contributed by atoms with E-state index in [2.05, 4.69) is 10.6 Å². The van der Waals surface area contributed by atoms with Gasteiger partial charge in [0.15, 0.2) is 9.84 Å². The summed E-state index contributed by atoms with van der Waals surface area (Å²) >= 11 is 0. The normalized spacial score (nSPS) is 11.1. The molecule has 0 aliphatic carbocycles. The Morgan fingerprint density at radius 3 is 2.40 bits per heavy atom. The van der Waals surface area contributed by atoms with Gasteiger partial charge in [0.25, 0.3) is 0 Å². The number of rotatable bonds is 8. The van der Waals surface area contributed by atoms with Crippen molar-refractivity contribution < 1.29 is 22.4 Å². The van der Waals surface area contributed by atoms with Crippen LogP contribution in [0.1, 0.15) is 17.7 Å². The predicted molar refractivity (Wildman–Crippen MR) is 91.4 cm³/mol. The minimum absolute atomic E-state index is 0.182. The molecule has 0 fully saturated rings. The van der Waals surface area contributed by atoms with E-state index >= 15 is 0 Å². The zero-order valence-electron chi connectivity index (χ0n) is 13.8. The van der Waals surface area contributed by atoms with Crippen LogP contribution in [0.25, 0.3) is 0 Å². The molecule has 2 amide bonds. The summed E-state index contributed by atoms with van der Waals surface area (Å²) in [6, 6.07) is 9.87. The molecule has 2 aromatic rings. The number of carbonyl (C=O) groups is 2. The van der Waals surface area contributed by atoms with Crippen molar-refractivity contribution in [2.45, 2.75) is 24.8 Å². The molecule has 0 spiro atoms. The van der Waals surface area contributed by atoms with E-state index in [-0.39, 0.29) is 36.1 Å². The molecule has 0 saturated carbocycles. The van der Waals surface area contributed by atoms with Crippen molar-refractivity contribution in [1.29, 1.82) is 0 Å². The zero-order valence-corrected chi connectivity index (χ0v) is 14.6. The Labute approximate surface area is 146 Å². The lowest BCUT2D eigenvalue weighted by molar-refractivity contribution is -0.126. The fraction of sp³-hybridized carbons (Fsp3) is 0.294. The number of furan rings is 1. The summed E-state index contributed by atoms with van der Waals surface area (Å²) in [7, 11) is -3.52. The molecule has 134 valence electrons. The minimum atomic E-state index is -3.52. The number of nitrogens with one attached hydrogen (secondary N) is 2. The summed E-state index contributed by atoms with van der Waals surface area (Å²) in [5.41, 5.74) is 0.956. The highest BCUT2D eigenvalue weighted by Crippen LogP contribution is 2.12. The van der Waals surface area contributed by atoms with Crippen LogP contribution in [0.2, 0.25) is 0 Å². The molecule has 1 aromatic carbocycles. The van der Waals surface area contributed by atoms with Crippen molar-refractivity contribution in [3.05, 3.63) is 54.0 Å². The highest BCUT2D eigenvalue weighted by Gasteiger charge is 2.16. The number of carbonyl (C=O) groups excluding carboxylic acids is 2. The molecule has 7 nitrogen and oxygen atoms in total. The number of amides is 2. The maximum Gasteiger partial charge on any atom is 0.239 e. The van der Waals surface area contributed by atoms with Crippen molar-refractivity contribution >= 4 is 21.7 Å². The Kier molecular flexibility index (Phi) is 6.35. The van der Waals surface area contributed by atoms with Gasteiger partial charge in [-0.05, 0) is 31.2 Å². The van der Waals surface area contributed by atoms with Crippen LogP contribution in [0.3, 0.4) is 0 Å². The number of hydrogen-bond donors (Lipinski definition) is 2. The first-order valence-electron chi connectivity index (χ1n) is 7.72. The summed E-state index contributed by atoms with van der Waals surface area (Å²) in [5.74, 6) is -0.588. The molecule has 2 rings (SSSR count). The third-order valence-corrected chi connectivity index (χ3v) is 5.20. The second-order valence-electron chi connectivity index (χ2n) is 5.51. The van der Waals surface area contributed by atoms with Gasteiger partial charge in [-0.25, -0.2) is 8.42 Å². The van der Waals surface area contributed by atoms with E-state index in [0.29, 0.717) is 5.76 Å². The minimum Gasteiger partial charge on any atom is -0.467 e. The van der Waals surface area contributed by atoms with Gasteiger partial charge < -0.3 is 15.1 Å². The third-order valence-electron chi connectivity index (χ3n) is 3.46. The summed E-state index contributed by atoms with van der Waals surface area (Å²) in [6.45, 7) is 1.87. The van der Waals surface area contributed by atoms with Crippen LogP contribution >= 0.6 is 0 Å². The van der Waals surface area contributed by atoms with Gasteiger partial charge in [-0.15, -0.1) is 0 Å². The van der Waals surface area contributed by atoms with Crippen molar-refractivity contribution in [1.82, 2.24) is 10.6 Å². The van der Waals surface area contributed by atoms with E-state index < -0.39 is 15.7 Å². The Hall–Kier alpha value is -2.61. The molecule has 0 aliphatic heterocycles. The molecule has 0 unspecified atom stereocenters. The molecular formula is C17H20N2O5S. The van der Waals surface area contributed by atoms with Gasteiger partial charge in [0.1, 0.15) is 5.76 Å². The summed E-state index contributed by atoms with van der Waals surface area (Å²) in [4.78, 5) is 23.5. The van der Waals surface area contributed by atoms with Gasteiger partial charge in [-0.1, -0.05) is 17.7 Å². The number of hydrogen-bond acceptors (Lipinski definition) is 5. The molecule has 0 saturated heterocycles. The van der Waals surface area contributed by atoms with Gasteiger partial charge in [0.05, 0.1) is 30.0 Å². The first-order chi connectivity index (χ1) is 11.9. The van der Waals surface area contributed by atoms with Gasteiger partial charge in [-0.2, -0.15) is 0 Å². The van der Waals surface area contributed by atoms with Crippen LogP contribution in [0.15, 0.2) is 52.0 Å². The topological polar surface area (TPSA) is 105 Å². The lowest BCUT2D eigenvalue weighted by Gasteiger charge is -2.07. The van der Waals surface area contributed by atoms with E-state index in [1.165, 1.54) is 18.4 Å². The Morgan fingerprint density at radius 1 is 1.04 bits per heavy atom. The lowest BCUT2D eigenvalue weighted by atomic mass is 10.2. The largest absolute Gasteiger partial charge is 0.467 e. The van der Waals surface area contributed by atoms with Crippen molar-refractivity contribution in [2.24, 2.45) is 0 Å². The van der Waals surface area contributed by atoms with Crippen LogP contribution in [0.4, 0.5) is 0 Å². The number of sulfone groups is 1. The highest BCUT2D eigenvalue weighted by molar-refractivity contribution is 7.91. The maximum atomic E-state index is 12.2. The molecule has 0 aliphatic rings. The van der Waals surface area contributed by atoms with Crippen molar-refractivity contribution in [3.8, 4) is 0 Å². The summed E-state index contributed by atoms with van der Waals surface area (Å²) in [6.07, 6.45) is 1.29. The fourth-order valence-electron chi connectivity index (χ4n) is 2.02. The van der Waals surface area contributed by atoms with E-state index in [4.69, 9.17) is 4.42 Å². The molecule has 0 bridgehead atoms. The Balaban J connectivity index is 1.72.